The summed E-state index contributed by atoms with van der Waals surface area (Å²) in [6.07, 6.45) is 0.0198. The second-order valence-corrected chi connectivity index (χ2v) is 4.28. The molecule has 0 aromatic heterocycles. The van der Waals surface area contributed by atoms with Gasteiger partial charge in [-0.2, -0.15) is 0 Å². The van der Waals surface area contributed by atoms with Crippen molar-refractivity contribution < 1.29 is 9.66 Å². The van der Waals surface area contributed by atoms with Crippen LogP contribution in [-0.4, -0.2) is 17.6 Å². The molecule has 0 amide bonds. The Morgan fingerprint density at radius 2 is 2.40 bits per heavy atom. The molecule has 2 rings (SSSR count). The number of hydrogen-bond acceptors (Lipinski definition) is 4. The molecular weight excluding hydrogens is 264 g/mol. The predicted octanol–water partition coefficient (Wildman–Crippen LogP) is 2.55. The van der Waals surface area contributed by atoms with Gasteiger partial charge in [0.15, 0.2) is 11.4 Å². The number of nitrogens with zero attached hydrogens (tertiary/aromatic N) is 1. The first kappa shape index (κ1) is 10.2. The maximum absolute atomic E-state index is 10.8. The smallest absolute Gasteiger partial charge is 0.297 e. The Balaban J connectivity index is 2.54. The van der Waals surface area contributed by atoms with E-state index < -0.39 is 4.92 Å². The zero-order valence-corrected chi connectivity index (χ0v) is 9.58. The van der Waals surface area contributed by atoms with Gasteiger partial charge in [-0.05, 0) is 13.0 Å². The van der Waals surface area contributed by atoms with Crippen LogP contribution in [0.5, 0.6) is 5.75 Å². The number of halogens is 1. The van der Waals surface area contributed by atoms with E-state index >= 15 is 0 Å². The molecule has 1 aromatic rings. The summed E-state index contributed by atoms with van der Waals surface area (Å²) < 4.78 is 6.15. The lowest BCUT2D eigenvalue weighted by molar-refractivity contribution is -0.384. The SMILES string of the molecule is C[C@@H]1CNc2c(cc(Br)cc2[N+](=O)[O-])O1. The first-order valence-corrected chi connectivity index (χ1v) is 5.25. The van der Waals surface area contributed by atoms with Gasteiger partial charge in [-0.25, -0.2) is 0 Å². The second-order valence-electron chi connectivity index (χ2n) is 3.36. The van der Waals surface area contributed by atoms with Crippen molar-refractivity contribution in [1.82, 2.24) is 0 Å². The zero-order valence-electron chi connectivity index (χ0n) is 7.99. The highest BCUT2D eigenvalue weighted by Crippen LogP contribution is 2.39. The molecule has 6 heteroatoms. The summed E-state index contributed by atoms with van der Waals surface area (Å²) in [5.41, 5.74) is 0.493. The first-order valence-electron chi connectivity index (χ1n) is 4.46. The lowest BCUT2D eigenvalue weighted by Gasteiger charge is -2.24. The molecule has 0 aliphatic carbocycles. The number of fused-ring (bicyclic) bond motifs is 1. The molecule has 1 heterocycles. The summed E-state index contributed by atoms with van der Waals surface area (Å²) >= 11 is 3.22. The highest BCUT2D eigenvalue weighted by atomic mass is 79.9. The highest BCUT2D eigenvalue weighted by Gasteiger charge is 2.25. The zero-order chi connectivity index (χ0) is 11.0. The van der Waals surface area contributed by atoms with Crippen LogP contribution in [0.25, 0.3) is 0 Å². The lowest BCUT2D eigenvalue weighted by atomic mass is 10.2. The van der Waals surface area contributed by atoms with E-state index in [1.54, 1.807) is 6.07 Å². The number of anilines is 1. The third-order valence-corrected chi connectivity index (χ3v) is 2.60. The molecule has 0 unspecified atom stereocenters. The highest BCUT2D eigenvalue weighted by molar-refractivity contribution is 9.10. The molecule has 1 aliphatic rings. The van der Waals surface area contributed by atoms with Gasteiger partial charge in [-0.3, -0.25) is 10.1 Å². The minimum atomic E-state index is -0.421. The van der Waals surface area contributed by atoms with E-state index in [1.165, 1.54) is 6.07 Å². The van der Waals surface area contributed by atoms with Crippen LogP contribution in [0.15, 0.2) is 16.6 Å². The summed E-state index contributed by atoms with van der Waals surface area (Å²) in [4.78, 5) is 10.4. The Bertz CT molecular complexity index is 422. The van der Waals surface area contributed by atoms with Crippen LogP contribution in [0.4, 0.5) is 11.4 Å². The third-order valence-electron chi connectivity index (χ3n) is 2.14. The fourth-order valence-electron chi connectivity index (χ4n) is 1.49. The fraction of sp³-hybridized carbons (Fsp3) is 0.333. The molecule has 1 atom stereocenters. The number of benzene rings is 1. The van der Waals surface area contributed by atoms with Gasteiger partial charge in [0.2, 0.25) is 0 Å². The molecule has 1 aromatic carbocycles. The summed E-state index contributed by atoms with van der Waals surface area (Å²) in [5.74, 6) is 0.523. The number of ether oxygens (including phenoxy) is 1. The van der Waals surface area contributed by atoms with Gasteiger partial charge in [0.05, 0.1) is 11.5 Å². The molecule has 0 saturated carbocycles. The van der Waals surface area contributed by atoms with Crippen LogP contribution in [-0.2, 0) is 0 Å². The number of rotatable bonds is 1. The Hall–Kier alpha value is -1.30. The monoisotopic (exact) mass is 272 g/mol. The lowest BCUT2D eigenvalue weighted by Crippen LogP contribution is -2.28. The number of nitro groups is 1. The van der Waals surface area contributed by atoms with Crippen LogP contribution in [0, 0.1) is 10.1 Å². The van der Waals surface area contributed by atoms with Gasteiger partial charge in [-0.1, -0.05) is 15.9 Å². The molecule has 0 bridgehead atoms. The molecule has 80 valence electrons. The van der Waals surface area contributed by atoms with E-state index in [1.807, 2.05) is 6.92 Å². The Kier molecular flexibility index (Phi) is 2.52. The van der Waals surface area contributed by atoms with Crippen molar-refractivity contribution in [2.45, 2.75) is 13.0 Å². The minimum absolute atomic E-state index is 0.0198. The summed E-state index contributed by atoms with van der Waals surface area (Å²) in [6, 6.07) is 3.19. The van der Waals surface area contributed by atoms with E-state index in [0.717, 1.165) is 0 Å². The molecule has 1 N–H and O–H groups in total. The average Bonchev–Trinajstić information content (AvgIpc) is 2.15. The van der Waals surface area contributed by atoms with Crippen molar-refractivity contribution in [2.75, 3.05) is 11.9 Å². The third kappa shape index (κ3) is 1.90. The number of nitro benzene ring substituents is 1. The maximum atomic E-state index is 10.8. The summed E-state index contributed by atoms with van der Waals surface area (Å²) in [6.45, 7) is 2.48. The Morgan fingerprint density at radius 3 is 3.07 bits per heavy atom. The van der Waals surface area contributed by atoms with Crippen LogP contribution in [0.3, 0.4) is 0 Å². The fourth-order valence-corrected chi connectivity index (χ4v) is 1.91. The van der Waals surface area contributed by atoms with Crippen molar-refractivity contribution in [3.8, 4) is 5.75 Å². The maximum Gasteiger partial charge on any atom is 0.297 e. The van der Waals surface area contributed by atoms with Crippen molar-refractivity contribution in [1.29, 1.82) is 0 Å². The molecule has 1 aliphatic heterocycles. The van der Waals surface area contributed by atoms with Crippen molar-refractivity contribution in [3.63, 3.8) is 0 Å². The average molecular weight is 273 g/mol. The van der Waals surface area contributed by atoms with Gasteiger partial charge in [0, 0.05) is 10.5 Å². The van der Waals surface area contributed by atoms with E-state index in [9.17, 15) is 10.1 Å². The van der Waals surface area contributed by atoms with E-state index in [4.69, 9.17) is 4.74 Å². The van der Waals surface area contributed by atoms with Gasteiger partial charge < -0.3 is 10.1 Å². The standard InChI is InChI=1S/C9H9BrN2O3/c1-5-4-11-9-7(12(13)14)2-6(10)3-8(9)15-5/h2-3,5,11H,4H2,1H3/t5-/m1/s1. The van der Waals surface area contributed by atoms with Crippen LogP contribution in [0.2, 0.25) is 0 Å². The van der Waals surface area contributed by atoms with Crippen LogP contribution < -0.4 is 10.1 Å². The van der Waals surface area contributed by atoms with Gasteiger partial charge in [0.25, 0.3) is 5.69 Å². The van der Waals surface area contributed by atoms with E-state index in [0.29, 0.717) is 22.5 Å². The predicted molar refractivity (Wildman–Crippen MR) is 59.4 cm³/mol. The molecule has 0 spiro atoms. The molecule has 0 radical (unpaired) electrons. The van der Waals surface area contributed by atoms with Crippen LogP contribution >= 0.6 is 15.9 Å². The topological polar surface area (TPSA) is 64.4 Å². The summed E-state index contributed by atoms with van der Waals surface area (Å²) in [7, 11) is 0. The Labute approximate surface area is 94.7 Å². The van der Waals surface area contributed by atoms with Gasteiger partial charge in [-0.15, -0.1) is 0 Å². The quantitative estimate of drug-likeness (QED) is 0.630. The molecule has 0 fully saturated rings. The van der Waals surface area contributed by atoms with Gasteiger partial charge in [0.1, 0.15) is 6.10 Å². The molecule has 15 heavy (non-hydrogen) atoms. The van der Waals surface area contributed by atoms with E-state index in [-0.39, 0.29) is 11.8 Å². The first-order chi connectivity index (χ1) is 7.08. The van der Waals surface area contributed by atoms with Crippen LogP contribution in [0.1, 0.15) is 6.92 Å². The van der Waals surface area contributed by atoms with Crippen molar-refractivity contribution in [2.24, 2.45) is 0 Å². The molecular formula is C9H9BrN2O3. The summed E-state index contributed by atoms with van der Waals surface area (Å²) in [5, 5.41) is 13.8. The largest absolute Gasteiger partial charge is 0.486 e. The minimum Gasteiger partial charge on any atom is -0.486 e. The second kappa shape index (κ2) is 3.69. The Morgan fingerprint density at radius 1 is 1.67 bits per heavy atom. The van der Waals surface area contributed by atoms with Gasteiger partial charge >= 0.3 is 0 Å². The van der Waals surface area contributed by atoms with Crippen molar-refractivity contribution in [3.05, 3.63) is 26.7 Å². The number of nitrogens with one attached hydrogen (secondary N) is 1. The van der Waals surface area contributed by atoms with E-state index in [2.05, 4.69) is 21.2 Å². The van der Waals surface area contributed by atoms with Crippen molar-refractivity contribution >= 4 is 27.3 Å². The molecule has 5 nitrogen and oxygen atoms in total. The molecule has 0 saturated heterocycles. The number of hydrogen-bond donors (Lipinski definition) is 1. The normalized spacial score (nSPS) is 18.7.